The van der Waals surface area contributed by atoms with Crippen LogP contribution in [0, 0.1) is 5.41 Å². The Morgan fingerprint density at radius 1 is 1.21 bits per heavy atom. The first-order valence-corrected chi connectivity index (χ1v) is 10.3. The van der Waals surface area contributed by atoms with Crippen LogP contribution in [0.3, 0.4) is 0 Å². The van der Waals surface area contributed by atoms with Crippen molar-refractivity contribution < 1.29 is 0 Å². The maximum Gasteiger partial charge on any atom is 0.0632 e. The molecule has 3 heteroatoms. The van der Waals surface area contributed by atoms with Gasteiger partial charge in [-0.2, -0.15) is 0 Å². The van der Waals surface area contributed by atoms with Gasteiger partial charge in [0.15, 0.2) is 0 Å². The van der Waals surface area contributed by atoms with E-state index in [0.29, 0.717) is 5.71 Å². The zero-order chi connectivity index (χ0) is 20.8. The molecule has 0 radical (unpaired) electrons. The van der Waals surface area contributed by atoms with E-state index in [-0.39, 0.29) is 12.0 Å². The van der Waals surface area contributed by atoms with Gasteiger partial charge in [-0.25, -0.2) is 0 Å². The number of nitrogens with one attached hydrogen (secondary N) is 3. The monoisotopic (exact) mass is 385 g/mol. The van der Waals surface area contributed by atoms with E-state index in [1.54, 1.807) is 0 Å². The Balaban J connectivity index is 2.10. The second-order valence-corrected chi connectivity index (χ2v) is 7.44. The lowest BCUT2D eigenvalue weighted by atomic mass is 9.76. The Kier molecular flexibility index (Phi) is 6.84. The van der Waals surface area contributed by atoms with Crippen LogP contribution in [0.5, 0.6) is 0 Å². The molecule has 0 amide bonds. The van der Waals surface area contributed by atoms with Gasteiger partial charge in [-0.1, -0.05) is 74.2 Å². The molecule has 3 rings (SSSR count). The van der Waals surface area contributed by atoms with Crippen LogP contribution in [0.25, 0.3) is 0 Å². The van der Waals surface area contributed by atoms with E-state index in [9.17, 15) is 5.41 Å². The summed E-state index contributed by atoms with van der Waals surface area (Å²) in [6, 6.07) is 14.8. The van der Waals surface area contributed by atoms with E-state index in [1.807, 2.05) is 38.3 Å². The minimum absolute atomic E-state index is 0.0616. The SMILES string of the molecule is C=C(/C=C\C=C/C)C1Nc2cccc(CC)c2C(=N)C1c1cccc(CNC)c1. The van der Waals surface area contributed by atoms with Crippen molar-refractivity contribution in [1.29, 1.82) is 5.41 Å². The highest BCUT2D eigenvalue weighted by Crippen LogP contribution is 2.39. The predicted octanol–water partition coefficient (Wildman–Crippen LogP) is 5.60. The first-order valence-electron chi connectivity index (χ1n) is 10.3. The summed E-state index contributed by atoms with van der Waals surface area (Å²) >= 11 is 0. The largest absolute Gasteiger partial charge is 0.377 e. The summed E-state index contributed by atoms with van der Waals surface area (Å²) < 4.78 is 0. The quantitative estimate of drug-likeness (QED) is 0.543. The Morgan fingerprint density at radius 3 is 2.72 bits per heavy atom. The molecule has 2 unspecified atom stereocenters. The van der Waals surface area contributed by atoms with Crippen molar-refractivity contribution in [2.45, 2.75) is 38.8 Å². The van der Waals surface area contributed by atoms with Gasteiger partial charge in [0.05, 0.1) is 17.7 Å². The van der Waals surface area contributed by atoms with Crippen LogP contribution in [0.15, 0.2) is 78.9 Å². The van der Waals surface area contributed by atoms with Crippen molar-refractivity contribution in [3.8, 4) is 0 Å². The lowest BCUT2D eigenvalue weighted by molar-refractivity contribution is 0.751. The summed E-state index contributed by atoms with van der Waals surface area (Å²) in [5.41, 5.74) is 7.30. The molecule has 0 saturated heterocycles. The summed E-state index contributed by atoms with van der Waals surface area (Å²) in [6.07, 6.45) is 8.98. The van der Waals surface area contributed by atoms with Crippen molar-refractivity contribution in [2.24, 2.45) is 0 Å². The van der Waals surface area contributed by atoms with E-state index in [4.69, 9.17) is 0 Å². The molecule has 29 heavy (non-hydrogen) atoms. The molecule has 0 aromatic heterocycles. The summed E-state index contributed by atoms with van der Waals surface area (Å²) in [5, 5.41) is 16.1. The molecule has 2 atom stereocenters. The van der Waals surface area contributed by atoms with Gasteiger partial charge in [0.2, 0.25) is 0 Å². The number of benzene rings is 2. The van der Waals surface area contributed by atoms with E-state index in [1.165, 1.54) is 11.1 Å². The van der Waals surface area contributed by atoms with Crippen molar-refractivity contribution in [2.75, 3.05) is 12.4 Å². The summed E-state index contributed by atoms with van der Waals surface area (Å²) in [5.74, 6) is -0.0882. The zero-order valence-corrected chi connectivity index (χ0v) is 17.6. The van der Waals surface area contributed by atoms with Gasteiger partial charge in [0, 0.05) is 17.8 Å². The third-order valence-electron chi connectivity index (χ3n) is 5.46. The molecule has 2 aromatic carbocycles. The molecule has 2 aromatic rings. The fraction of sp³-hybridized carbons (Fsp3) is 0.269. The standard InChI is InChI=1S/C26H31N3/c1-5-7-8-11-18(3)26-24(21-14-9-12-19(16-21)17-28-4)25(27)23-20(6-2)13-10-15-22(23)29-26/h5,7-16,24,26-29H,3,6,17H2,1-2,4H3/b7-5-,11-8-,27-25?. The first kappa shape index (κ1) is 20.8. The van der Waals surface area contributed by atoms with Crippen molar-refractivity contribution >= 4 is 11.4 Å². The Hall–Kier alpha value is -2.91. The second-order valence-electron chi connectivity index (χ2n) is 7.44. The molecule has 0 bridgehead atoms. The highest BCUT2D eigenvalue weighted by Gasteiger charge is 2.35. The maximum atomic E-state index is 9.18. The van der Waals surface area contributed by atoms with Crippen LogP contribution in [0.1, 0.15) is 42.0 Å². The molecule has 3 nitrogen and oxygen atoms in total. The van der Waals surface area contributed by atoms with Crippen LogP contribution < -0.4 is 10.6 Å². The number of fused-ring (bicyclic) bond motifs is 1. The lowest BCUT2D eigenvalue weighted by Gasteiger charge is -2.37. The molecule has 0 spiro atoms. The normalized spacial score (nSPS) is 18.8. The van der Waals surface area contributed by atoms with Crippen LogP contribution in [0.4, 0.5) is 5.69 Å². The Bertz CT molecular complexity index is 952. The molecular formula is C26H31N3. The number of allylic oxidation sites excluding steroid dienone is 3. The fourth-order valence-electron chi connectivity index (χ4n) is 4.07. The number of hydrogen-bond donors (Lipinski definition) is 3. The molecule has 0 aliphatic carbocycles. The molecule has 1 aliphatic heterocycles. The molecule has 1 heterocycles. The van der Waals surface area contributed by atoms with Crippen LogP contribution in [-0.4, -0.2) is 18.8 Å². The van der Waals surface area contributed by atoms with Crippen LogP contribution in [-0.2, 0) is 13.0 Å². The highest BCUT2D eigenvalue weighted by atomic mass is 15.0. The van der Waals surface area contributed by atoms with Gasteiger partial charge in [0.1, 0.15) is 0 Å². The number of hydrogen-bond acceptors (Lipinski definition) is 3. The van der Waals surface area contributed by atoms with Crippen LogP contribution in [0.2, 0.25) is 0 Å². The first-order chi connectivity index (χ1) is 14.1. The summed E-state index contributed by atoms with van der Waals surface area (Å²) in [7, 11) is 1.96. The lowest BCUT2D eigenvalue weighted by Crippen LogP contribution is -2.39. The van der Waals surface area contributed by atoms with Gasteiger partial charge in [-0.05, 0) is 48.7 Å². The van der Waals surface area contributed by atoms with E-state index in [2.05, 4.69) is 66.6 Å². The second kappa shape index (κ2) is 9.53. The Morgan fingerprint density at radius 2 is 2.00 bits per heavy atom. The maximum absolute atomic E-state index is 9.18. The van der Waals surface area contributed by atoms with E-state index in [0.717, 1.165) is 35.4 Å². The fourth-order valence-corrected chi connectivity index (χ4v) is 4.07. The Labute approximate surface area is 174 Å². The third kappa shape index (κ3) is 4.41. The van der Waals surface area contributed by atoms with Gasteiger partial charge in [-0.15, -0.1) is 0 Å². The number of anilines is 1. The van der Waals surface area contributed by atoms with Crippen LogP contribution >= 0.6 is 0 Å². The average molecular weight is 386 g/mol. The average Bonchev–Trinajstić information content (AvgIpc) is 2.73. The van der Waals surface area contributed by atoms with Gasteiger partial charge < -0.3 is 16.0 Å². The van der Waals surface area contributed by atoms with E-state index < -0.39 is 0 Å². The molecule has 1 aliphatic rings. The van der Waals surface area contributed by atoms with Crippen molar-refractivity contribution in [3.63, 3.8) is 0 Å². The zero-order valence-electron chi connectivity index (χ0n) is 17.6. The minimum atomic E-state index is -0.0882. The van der Waals surface area contributed by atoms with Crippen molar-refractivity contribution in [1.82, 2.24) is 5.32 Å². The highest BCUT2D eigenvalue weighted by molar-refractivity contribution is 6.11. The van der Waals surface area contributed by atoms with Crippen molar-refractivity contribution in [3.05, 3.63) is 101 Å². The van der Waals surface area contributed by atoms with Gasteiger partial charge in [0.25, 0.3) is 0 Å². The number of rotatable bonds is 7. The molecule has 0 fully saturated rings. The minimum Gasteiger partial charge on any atom is -0.377 e. The molecule has 150 valence electrons. The summed E-state index contributed by atoms with van der Waals surface area (Å²) in [4.78, 5) is 0. The topological polar surface area (TPSA) is 47.9 Å². The van der Waals surface area contributed by atoms with Gasteiger partial charge in [-0.3, -0.25) is 0 Å². The van der Waals surface area contributed by atoms with E-state index >= 15 is 0 Å². The number of aryl methyl sites for hydroxylation is 1. The third-order valence-corrected chi connectivity index (χ3v) is 5.46. The summed E-state index contributed by atoms with van der Waals surface area (Å²) in [6.45, 7) is 9.30. The van der Waals surface area contributed by atoms with Gasteiger partial charge >= 0.3 is 0 Å². The smallest absolute Gasteiger partial charge is 0.0632 e. The molecule has 0 saturated carbocycles. The molecular weight excluding hydrogens is 354 g/mol. The molecule has 3 N–H and O–H groups in total. The predicted molar refractivity (Wildman–Crippen MR) is 125 cm³/mol.